The lowest BCUT2D eigenvalue weighted by Crippen LogP contribution is -2.52. The fraction of sp³-hybridized carbons (Fsp3) is 0.889. The average Bonchev–Trinajstić information content (AvgIpc) is 2.31. The van der Waals surface area contributed by atoms with Crippen molar-refractivity contribution in [2.75, 3.05) is 32.9 Å². The van der Waals surface area contributed by atoms with Crippen molar-refractivity contribution >= 4 is 5.91 Å². The molecule has 0 aliphatic carbocycles. The van der Waals surface area contributed by atoms with Crippen LogP contribution in [-0.4, -0.2) is 49.7 Å². The Bertz CT molecular complexity index is 160. The number of nitrogens with two attached hydrogens (primary N) is 1. The van der Waals surface area contributed by atoms with Crippen LogP contribution in [0.2, 0.25) is 0 Å². The van der Waals surface area contributed by atoms with Gasteiger partial charge in [-0.3, -0.25) is 4.79 Å². The molecule has 1 aliphatic heterocycles. The summed E-state index contributed by atoms with van der Waals surface area (Å²) in [6, 6.07) is -0.969. The van der Waals surface area contributed by atoms with Crippen LogP contribution in [0.25, 0.3) is 0 Å². The molecule has 1 fully saturated rings. The van der Waals surface area contributed by atoms with Gasteiger partial charge in [-0.25, -0.2) is 4.39 Å². The molecule has 0 aromatic heterocycles. The van der Waals surface area contributed by atoms with E-state index in [1.807, 2.05) is 13.8 Å². The summed E-state index contributed by atoms with van der Waals surface area (Å²) in [6.45, 7) is 6.03. The molecule has 1 atom stereocenters. The van der Waals surface area contributed by atoms with Gasteiger partial charge >= 0.3 is 0 Å². The maximum absolute atomic E-state index is 12.0. The summed E-state index contributed by atoms with van der Waals surface area (Å²) in [4.78, 5) is 12.9. The van der Waals surface area contributed by atoms with Crippen molar-refractivity contribution in [3.05, 3.63) is 0 Å². The summed E-state index contributed by atoms with van der Waals surface area (Å²) < 4.78 is 12.0. The monoisotopic (exact) mass is 205 g/mol. The van der Waals surface area contributed by atoms with Crippen LogP contribution in [0.15, 0.2) is 0 Å². The largest absolute Gasteiger partial charge is 0.339 e. The highest BCUT2D eigenvalue weighted by molar-refractivity contribution is 5.81. The fourth-order valence-electron chi connectivity index (χ4n) is 1.19. The lowest BCUT2D eigenvalue weighted by Gasteiger charge is -2.28. The van der Waals surface area contributed by atoms with Crippen LogP contribution < -0.4 is 11.1 Å². The van der Waals surface area contributed by atoms with E-state index in [1.54, 1.807) is 4.90 Å². The molecular formula is C9H20FN3O. The van der Waals surface area contributed by atoms with Crippen LogP contribution in [0.3, 0.4) is 0 Å². The second-order valence-corrected chi connectivity index (χ2v) is 2.84. The maximum atomic E-state index is 12.0. The van der Waals surface area contributed by atoms with E-state index in [4.69, 9.17) is 5.73 Å². The molecule has 1 rings (SSSR count). The van der Waals surface area contributed by atoms with Crippen molar-refractivity contribution in [2.24, 2.45) is 5.73 Å². The molecule has 4 nitrogen and oxygen atoms in total. The Morgan fingerprint density at radius 3 is 2.43 bits per heavy atom. The van der Waals surface area contributed by atoms with E-state index in [-0.39, 0.29) is 5.91 Å². The molecule has 5 heteroatoms. The van der Waals surface area contributed by atoms with Gasteiger partial charge in [0.25, 0.3) is 0 Å². The molecule has 84 valence electrons. The highest BCUT2D eigenvalue weighted by Gasteiger charge is 2.21. The zero-order valence-electron chi connectivity index (χ0n) is 8.92. The highest BCUT2D eigenvalue weighted by atomic mass is 19.1. The van der Waals surface area contributed by atoms with Gasteiger partial charge in [0.05, 0.1) is 0 Å². The number of alkyl halides is 1. The third-order valence-electron chi connectivity index (χ3n) is 1.91. The van der Waals surface area contributed by atoms with Gasteiger partial charge in [-0.1, -0.05) is 13.8 Å². The minimum Gasteiger partial charge on any atom is -0.339 e. The van der Waals surface area contributed by atoms with E-state index in [9.17, 15) is 9.18 Å². The van der Waals surface area contributed by atoms with E-state index in [2.05, 4.69) is 5.32 Å². The number of piperazine rings is 1. The first-order valence-electron chi connectivity index (χ1n) is 5.06. The Hall–Kier alpha value is -0.680. The summed E-state index contributed by atoms with van der Waals surface area (Å²) in [6.07, 6.45) is 0. The SMILES string of the molecule is CC.NC(CF)C(=O)N1CCNCC1. The Morgan fingerprint density at radius 1 is 1.50 bits per heavy atom. The number of amides is 1. The van der Waals surface area contributed by atoms with E-state index in [0.29, 0.717) is 13.1 Å². The molecule has 1 heterocycles. The first kappa shape index (κ1) is 13.3. The number of hydrogen-bond acceptors (Lipinski definition) is 3. The minimum atomic E-state index is -0.969. The van der Waals surface area contributed by atoms with Gasteiger partial charge in [0.2, 0.25) is 5.91 Å². The predicted molar refractivity (Wildman–Crippen MR) is 54.7 cm³/mol. The second kappa shape index (κ2) is 7.70. The fourth-order valence-corrected chi connectivity index (χ4v) is 1.19. The molecule has 0 saturated carbocycles. The summed E-state index contributed by atoms with van der Waals surface area (Å²) >= 11 is 0. The molecule has 1 unspecified atom stereocenters. The molecule has 1 saturated heterocycles. The van der Waals surface area contributed by atoms with Crippen LogP contribution in [-0.2, 0) is 4.79 Å². The highest BCUT2D eigenvalue weighted by Crippen LogP contribution is 1.96. The van der Waals surface area contributed by atoms with Gasteiger partial charge in [-0.2, -0.15) is 0 Å². The van der Waals surface area contributed by atoms with Crippen molar-refractivity contribution < 1.29 is 9.18 Å². The van der Waals surface area contributed by atoms with Gasteiger partial charge in [-0.15, -0.1) is 0 Å². The van der Waals surface area contributed by atoms with Gasteiger partial charge in [0.1, 0.15) is 12.7 Å². The quantitative estimate of drug-likeness (QED) is 0.653. The smallest absolute Gasteiger partial charge is 0.242 e. The van der Waals surface area contributed by atoms with Gasteiger partial charge < -0.3 is 16.0 Å². The zero-order valence-corrected chi connectivity index (χ0v) is 8.92. The number of rotatable bonds is 2. The number of nitrogens with zero attached hydrogens (tertiary/aromatic N) is 1. The summed E-state index contributed by atoms with van der Waals surface area (Å²) in [5, 5.41) is 3.10. The van der Waals surface area contributed by atoms with Crippen LogP contribution in [0.5, 0.6) is 0 Å². The third-order valence-corrected chi connectivity index (χ3v) is 1.91. The number of halogens is 1. The summed E-state index contributed by atoms with van der Waals surface area (Å²) in [5.74, 6) is -0.279. The Kier molecular flexibility index (Phi) is 7.32. The van der Waals surface area contributed by atoms with E-state index in [1.165, 1.54) is 0 Å². The van der Waals surface area contributed by atoms with Crippen molar-refractivity contribution in [2.45, 2.75) is 19.9 Å². The lowest BCUT2D eigenvalue weighted by molar-refractivity contribution is -0.133. The van der Waals surface area contributed by atoms with Crippen LogP contribution in [0.4, 0.5) is 4.39 Å². The van der Waals surface area contributed by atoms with E-state index < -0.39 is 12.7 Å². The van der Waals surface area contributed by atoms with Gasteiger partial charge in [-0.05, 0) is 0 Å². The molecule has 0 spiro atoms. The van der Waals surface area contributed by atoms with Gasteiger partial charge in [0, 0.05) is 26.2 Å². The first-order valence-corrected chi connectivity index (χ1v) is 5.06. The number of carbonyl (C=O) groups is 1. The van der Waals surface area contributed by atoms with Crippen molar-refractivity contribution in [1.29, 1.82) is 0 Å². The van der Waals surface area contributed by atoms with Crippen LogP contribution >= 0.6 is 0 Å². The number of hydrogen-bond donors (Lipinski definition) is 2. The van der Waals surface area contributed by atoms with E-state index >= 15 is 0 Å². The first-order chi connectivity index (χ1) is 6.75. The van der Waals surface area contributed by atoms with Crippen LogP contribution in [0.1, 0.15) is 13.8 Å². The standard InChI is InChI=1S/C7H14FN3O.C2H6/c8-5-6(9)7(12)11-3-1-10-2-4-11;1-2/h6,10H,1-5,9H2;1-2H3. The minimum absolute atomic E-state index is 0.279. The Labute approximate surface area is 84.6 Å². The second-order valence-electron chi connectivity index (χ2n) is 2.84. The molecule has 1 aliphatic rings. The predicted octanol–water partition coefficient (Wildman–Crippen LogP) is -0.259. The van der Waals surface area contributed by atoms with Crippen molar-refractivity contribution in [3.63, 3.8) is 0 Å². The van der Waals surface area contributed by atoms with E-state index in [0.717, 1.165) is 13.1 Å². The summed E-state index contributed by atoms with van der Waals surface area (Å²) in [7, 11) is 0. The van der Waals surface area contributed by atoms with Gasteiger partial charge in [0.15, 0.2) is 0 Å². The zero-order chi connectivity index (χ0) is 11.0. The molecule has 14 heavy (non-hydrogen) atoms. The lowest BCUT2D eigenvalue weighted by atomic mass is 10.2. The average molecular weight is 205 g/mol. The molecule has 0 bridgehead atoms. The molecule has 1 amide bonds. The summed E-state index contributed by atoms with van der Waals surface area (Å²) in [5.41, 5.74) is 5.26. The normalized spacial score (nSPS) is 18.1. The Morgan fingerprint density at radius 2 is 2.00 bits per heavy atom. The molecule has 0 radical (unpaired) electrons. The van der Waals surface area contributed by atoms with Crippen LogP contribution in [0, 0.1) is 0 Å². The number of carbonyl (C=O) groups excluding carboxylic acids is 1. The molecule has 0 aromatic carbocycles. The topological polar surface area (TPSA) is 58.4 Å². The molecule has 0 aromatic rings. The molecular weight excluding hydrogens is 185 g/mol. The third kappa shape index (κ3) is 4.02. The number of nitrogens with one attached hydrogen (secondary N) is 1. The van der Waals surface area contributed by atoms with Crippen molar-refractivity contribution in [1.82, 2.24) is 10.2 Å². The maximum Gasteiger partial charge on any atom is 0.242 e. The molecule has 3 N–H and O–H groups in total. The van der Waals surface area contributed by atoms with Crippen molar-refractivity contribution in [3.8, 4) is 0 Å². The Balaban J connectivity index is 0.000000791.